The van der Waals surface area contributed by atoms with Crippen molar-refractivity contribution in [2.24, 2.45) is 0 Å². The zero-order valence-electron chi connectivity index (χ0n) is 20.1. The van der Waals surface area contributed by atoms with Crippen LogP contribution in [0.15, 0.2) is 47.4 Å². The van der Waals surface area contributed by atoms with E-state index in [0.29, 0.717) is 37.1 Å². The Bertz CT molecular complexity index is 1110. The fraction of sp³-hybridized carbons (Fsp3) is 0.500. The van der Waals surface area contributed by atoms with Crippen LogP contribution in [0.4, 0.5) is 5.69 Å². The molecule has 34 heavy (non-hydrogen) atoms. The van der Waals surface area contributed by atoms with Crippen molar-refractivity contribution in [2.45, 2.75) is 62.9 Å². The molecule has 1 heterocycles. The van der Waals surface area contributed by atoms with E-state index in [-0.39, 0.29) is 17.3 Å². The minimum Gasteiger partial charge on any atom is -0.495 e. The molecular weight excluding hydrogens is 450 g/mol. The monoisotopic (exact) mass is 485 g/mol. The Kier molecular flexibility index (Phi) is 7.91. The van der Waals surface area contributed by atoms with Gasteiger partial charge in [-0.2, -0.15) is 4.31 Å². The summed E-state index contributed by atoms with van der Waals surface area (Å²) in [6, 6.07) is 13.4. The summed E-state index contributed by atoms with van der Waals surface area (Å²) in [5.74, 6) is 0.266. The third-order valence-electron chi connectivity index (χ3n) is 6.53. The Morgan fingerprint density at radius 1 is 1.09 bits per heavy atom. The van der Waals surface area contributed by atoms with Crippen molar-refractivity contribution in [3.8, 4) is 5.75 Å². The fourth-order valence-corrected chi connectivity index (χ4v) is 6.09. The SMILES string of the molecule is COc1ccc(S(=O)(=O)N2CCCCCC2)cc1NC(=O)CN(Cc1cccc(C)c1)C1CC1. The molecule has 1 aliphatic carbocycles. The number of ether oxygens (including phenoxy) is 1. The molecule has 2 aromatic rings. The van der Waals surface area contributed by atoms with Gasteiger partial charge in [0.05, 0.1) is 24.2 Å². The van der Waals surface area contributed by atoms with E-state index < -0.39 is 10.0 Å². The van der Waals surface area contributed by atoms with Crippen molar-refractivity contribution < 1.29 is 17.9 Å². The van der Waals surface area contributed by atoms with Crippen LogP contribution in [0.5, 0.6) is 5.75 Å². The highest BCUT2D eigenvalue weighted by molar-refractivity contribution is 7.89. The molecule has 184 valence electrons. The Hall–Kier alpha value is -2.42. The lowest BCUT2D eigenvalue weighted by Crippen LogP contribution is -2.34. The van der Waals surface area contributed by atoms with Gasteiger partial charge in [0.1, 0.15) is 5.75 Å². The Balaban J connectivity index is 1.49. The number of hydrogen-bond acceptors (Lipinski definition) is 5. The van der Waals surface area contributed by atoms with Gasteiger partial charge in [-0.3, -0.25) is 9.69 Å². The minimum atomic E-state index is -3.62. The summed E-state index contributed by atoms with van der Waals surface area (Å²) in [6.07, 6.45) is 6.03. The Labute approximate surface area is 203 Å². The van der Waals surface area contributed by atoms with Crippen molar-refractivity contribution in [3.05, 3.63) is 53.6 Å². The van der Waals surface area contributed by atoms with Crippen LogP contribution >= 0.6 is 0 Å². The molecule has 1 saturated carbocycles. The van der Waals surface area contributed by atoms with Crippen LogP contribution in [0.25, 0.3) is 0 Å². The number of sulfonamides is 1. The first-order chi connectivity index (χ1) is 16.4. The number of nitrogens with zero attached hydrogens (tertiary/aromatic N) is 2. The molecule has 0 aromatic heterocycles. The lowest BCUT2D eigenvalue weighted by Gasteiger charge is -2.23. The molecule has 0 atom stereocenters. The topological polar surface area (TPSA) is 79.0 Å². The minimum absolute atomic E-state index is 0.179. The molecule has 1 aliphatic heterocycles. The van der Waals surface area contributed by atoms with Crippen molar-refractivity contribution >= 4 is 21.6 Å². The molecule has 1 N–H and O–H groups in total. The highest BCUT2D eigenvalue weighted by Gasteiger charge is 2.31. The van der Waals surface area contributed by atoms with E-state index in [2.05, 4.69) is 35.3 Å². The van der Waals surface area contributed by atoms with Gasteiger partial charge in [-0.25, -0.2) is 8.42 Å². The van der Waals surface area contributed by atoms with Gasteiger partial charge in [-0.15, -0.1) is 0 Å². The number of aryl methyl sites for hydroxylation is 1. The Morgan fingerprint density at radius 3 is 2.47 bits per heavy atom. The van der Waals surface area contributed by atoms with Gasteiger partial charge in [0, 0.05) is 25.7 Å². The van der Waals surface area contributed by atoms with Gasteiger partial charge in [0.25, 0.3) is 0 Å². The lowest BCUT2D eigenvalue weighted by atomic mass is 10.1. The van der Waals surface area contributed by atoms with Crippen LogP contribution in [0.1, 0.15) is 49.7 Å². The zero-order valence-corrected chi connectivity index (χ0v) is 20.9. The van der Waals surface area contributed by atoms with Gasteiger partial charge in [-0.05, 0) is 56.4 Å². The molecule has 4 rings (SSSR count). The molecule has 2 aliphatic rings. The van der Waals surface area contributed by atoms with Crippen LogP contribution in [-0.2, 0) is 21.4 Å². The molecule has 7 nitrogen and oxygen atoms in total. The molecule has 0 unspecified atom stereocenters. The summed E-state index contributed by atoms with van der Waals surface area (Å²) < 4.78 is 33.5. The van der Waals surface area contributed by atoms with E-state index in [1.165, 1.54) is 24.3 Å². The Morgan fingerprint density at radius 2 is 1.82 bits per heavy atom. The second kappa shape index (κ2) is 10.9. The second-order valence-electron chi connectivity index (χ2n) is 9.35. The number of amides is 1. The van der Waals surface area contributed by atoms with Crippen molar-refractivity contribution in [3.63, 3.8) is 0 Å². The van der Waals surface area contributed by atoms with Gasteiger partial charge >= 0.3 is 0 Å². The molecule has 0 spiro atoms. The van der Waals surface area contributed by atoms with Crippen LogP contribution in [0.2, 0.25) is 0 Å². The predicted octanol–water partition coefficient (Wildman–Crippen LogP) is 4.17. The quantitative estimate of drug-likeness (QED) is 0.577. The number of carbonyl (C=O) groups is 1. The van der Waals surface area contributed by atoms with Crippen molar-refractivity contribution in [1.82, 2.24) is 9.21 Å². The average molecular weight is 486 g/mol. The first kappa shape index (κ1) is 24.7. The zero-order chi connectivity index (χ0) is 24.1. The van der Waals surface area contributed by atoms with Gasteiger partial charge in [-0.1, -0.05) is 42.7 Å². The number of benzene rings is 2. The molecule has 1 amide bonds. The first-order valence-corrected chi connectivity index (χ1v) is 13.6. The lowest BCUT2D eigenvalue weighted by molar-refractivity contribution is -0.117. The summed E-state index contributed by atoms with van der Waals surface area (Å²) in [5.41, 5.74) is 2.77. The number of methoxy groups -OCH3 is 1. The number of anilines is 1. The highest BCUT2D eigenvalue weighted by Crippen LogP contribution is 2.31. The van der Waals surface area contributed by atoms with Crippen LogP contribution in [-0.4, -0.2) is 56.3 Å². The summed E-state index contributed by atoms with van der Waals surface area (Å²) in [6.45, 7) is 4.08. The smallest absolute Gasteiger partial charge is 0.243 e. The summed E-state index contributed by atoms with van der Waals surface area (Å²) in [7, 11) is -2.11. The van der Waals surface area contributed by atoms with Crippen LogP contribution in [0.3, 0.4) is 0 Å². The summed E-state index contributed by atoms with van der Waals surface area (Å²) in [5, 5.41) is 2.91. The van der Waals surface area contributed by atoms with Crippen LogP contribution < -0.4 is 10.1 Å². The standard InChI is InChI=1S/C26H35N3O4S/c1-20-8-7-9-21(16-20)18-28(22-10-11-22)19-26(30)27-24-17-23(12-13-25(24)33-2)34(31,32)29-14-5-3-4-6-15-29/h7-9,12-13,16-17,22H,3-6,10-11,14-15,18-19H2,1-2H3,(H,27,30). The van der Waals surface area contributed by atoms with E-state index in [4.69, 9.17) is 4.74 Å². The summed E-state index contributed by atoms with van der Waals surface area (Å²) in [4.78, 5) is 15.4. The van der Waals surface area contributed by atoms with Crippen molar-refractivity contribution in [1.29, 1.82) is 0 Å². The molecular formula is C26H35N3O4S. The van der Waals surface area contributed by atoms with Crippen molar-refractivity contribution in [2.75, 3.05) is 32.1 Å². The van der Waals surface area contributed by atoms with E-state index >= 15 is 0 Å². The maximum atomic E-state index is 13.2. The van der Waals surface area contributed by atoms with E-state index in [0.717, 1.165) is 38.5 Å². The number of hydrogen-bond donors (Lipinski definition) is 1. The summed E-state index contributed by atoms with van der Waals surface area (Å²) >= 11 is 0. The highest BCUT2D eigenvalue weighted by atomic mass is 32.2. The fourth-order valence-electron chi connectivity index (χ4n) is 4.55. The number of carbonyl (C=O) groups excluding carboxylic acids is 1. The molecule has 1 saturated heterocycles. The van der Waals surface area contributed by atoms with Crippen LogP contribution in [0, 0.1) is 6.92 Å². The van der Waals surface area contributed by atoms with Gasteiger partial charge in [0.2, 0.25) is 15.9 Å². The molecule has 0 bridgehead atoms. The maximum absolute atomic E-state index is 13.2. The van der Waals surface area contributed by atoms with E-state index in [1.807, 2.05) is 6.07 Å². The molecule has 2 aromatic carbocycles. The molecule has 8 heteroatoms. The van der Waals surface area contributed by atoms with E-state index in [9.17, 15) is 13.2 Å². The van der Waals surface area contributed by atoms with E-state index in [1.54, 1.807) is 16.4 Å². The number of nitrogens with one attached hydrogen (secondary N) is 1. The maximum Gasteiger partial charge on any atom is 0.243 e. The average Bonchev–Trinajstić information content (AvgIpc) is 3.66. The third kappa shape index (κ3) is 6.17. The molecule has 2 fully saturated rings. The first-order valence-electron chi connectivity index (χ1n) is 12.1. The predicted molar refractivity (Wildman–Crippen MR) is 133 cm³/mol. The third-order valence-corrected chi connectivity index (χ3v) is 8.42. The van der Waals surface area contributed by atoms with Gasteiger partial charge in [0.15, 0.2) is 0 Å². The number of rotatable bonds is 9. The molecule has 0 radical (unpaired) electrons. The van der Waals surface area contributed by atoms with Gasteiger partial charge < -0.3 is 10.1 Å². The second-order valence-corrected chi connectivity index (χ2v) is 11.3. The normalized spacial score (nSPS) is 17.4. The largest absolute Gasteiger partial charge is 0.495 e.